The van der Waals surface area contributed by atoms with Crippen molar-refractivity contribution in [2.45, 2.75) is 19.9 Å². The first-order valence-corrected chi connectivity index (χ1v) is 6.78. The fourth-order valence-corrected chi connectivity index (χ4v) is 2.18. The number of hydrogen-bond donors (Lipinski definition) is 1. The Kier molecular flexibility index (Phi) is 3.75. The lowest BCUT2D eigenvalue weighted by Crippen LogP contribution is -2.02. The first kappa shape index (κ1) is 13.5. The SMILES string of the molecule is Cc1ccnc(-c2noc(Cc3ccccc3CN)n2)c1. The summed E-state index contributed by atoms with van der Waals surface area (Å²) in [4.78, 5) is 8.67. The number of aromatic nitrogens is 3. The maximum atomic E-state index is 5.74. The molecular formula is C16H16N4O. The van der Waals surface area contributed by atoms with Crippen LogP contribution < -0.4 is 5.73 Å². The average Bonchev–Trinajstić information content (AvgIpc) is 2.96. The van der Waals surface area contributed by atoms with Crippen molar-refractivity contribution in [1.29, 1.82) is 0 Å². The Hall–Kier alpha value is -2.53. The minimum Gasteiger partial charge on any atom is -0.339 e. The molecule has 3 aromatic rings. The minimum atomic E-state index is 0.497. The van der Waals surface area contributed by atoms with Crippen LogP contribution >= 0.6 is 0 Å². The summed E-state index contributed by atoms with van der Waals surface area (Å²) in [5.41, 5.74) is 9.76. The molecule has 2 N–H and O–H groups in total. The second-order valence-corrected chi connectivity index (χ2v) is 4.88. The molecule has 2 heterocycles. The van der Waals surface area contributed by atoms with Crippen LogP contribution in [0.2, 0.25) is 0 Å². The number of nitrogens with zero attached hydrogens (tertiary/aromatic N) is 3. The van der Waals surface area contributed by atoms with Crippen LogP contribution in [0.25, 0.3) is 11.5 Å². The molecule has 0 atom stereocenters. The number of benzene rings is 1. The van der Waals surface area contributed by atoms with E-state index in [1.807, 2.05) is 43.3 Å². The highest BCUT2D eigenvalue weighted by Gasteiger charge is 2.11. The Morgan fingerprint density at radius 1 is 1.14 bits per heavy atom. The van der Waals surface area contributed by atoms with Crippen molar-refractivity contribution in [2.24, 2.45) is 5.73 Å². The molecule has 5 heteroatoms. The van der Waals surface area contributed by atoms with E-state index in [-0.39, 0.29) is 0 Å². The quantitative estimate of drug-likeness (QED) is 0.794. The third kappa shape index (κ3) is 2.98. The number of pyridine rings is 1. The van der Waals surface area contributed by atoms with Crippen LogP contribution in [-0.4, -0.2) is 15.1 Å². The van der Waals surface area contributed by atoms with Gasteiger partial charge in [-0.15, -0.1) is 0 Å². The first-order chi connectivity index (χ1) is 10.3. The molecule has 0 saturated carbocycles. The Bertz CT molecular complexity index is 751. The third-order valence-electron chi connectivity index (χ3n) is 3.29. The molecule has 3 rings (SSSR count). The van der Waals surface area contributed by atoms with Gasteiger partial charge in [-0.3, -0.25) is 4.98 Å². The molecule has 0 spiro atoms. The van der Waals surface area contributed by atoms with E-state index in [9.17, 15) is 0 Å². The fourth-order valence-electron chi connectivity index (χ4n) is 2.18. The van der Waals surface area contributed by atoms with Crippen LogP contribution in [0.5, 0.6) is 0 Å². The highest BCUT2D eigenvalue weighted by Crippen LogP contribution is 2.17. The van der Waals surface area contributed by atoms with Crippen LogP contribution in [0, 0.1) is 6.92 Å². The van der Waals surface area contributed by atoms with E-state index in [1.165, 1.54) is 0 Å². The zero-order chi connectivity index (χ0) is 14.7. The molecule has 0 bridgehead atoms. The molecule has 0 radical (unpaired) electrons. The van der Waals surface area contributed by atoms with Crippen molar-refractivity contribution in [3.05, 3.63) is 65.2 Å². The summed E-state index contributed by atoms with van der Waals surface area (Å²) in [5.74, 6) is 1.08. The second kappa shape index (κ2) is 5.85. The fraction of sp³-hybridized carbons (Fsp3) is 0.188. The van der Waals surface area contributed by atoms with Gasteiger partial charge in [-0.2, -0.15) is 4.98 Å². The molecule has 0 unspecified atom stereocenters. The number of hydrogen-bond acceptors (Lipinski definition) is 5. The van der Waals surface area contributed by atoms with Gasteiger partial charge in [0.2, 0.25) is 11.7 Å². The smallest absolute Gasteiger partial charge is 0.231 e. The minimum absolute atomic E-state index is 0.497. The van der Waals surface area contributed by atoms with Gasteiger partial charge in [0, 0.05) is 12.7 Å². The highest BCUT2D eigenvalue weighted by molar-refractivity contribution is 5.49. The lowest BCUT2D eigenvalue weighted by Gasteiger charge is -2.03. The molecule has 0 aliphatic rings. The monoisotopic (exact) mass is 280 g/mol. The van der Waals surface area contributed by atoms with Crippen molar-refractivity contribution in [2.75, 3.05) is 0 Å². The van der Waals surface area contributed by atoms with Gasteiger partial charge >= 0.3 is 0 Å². The molecule has 0 aliphatic heterocycles. The van der Waals surface area contributed by atoms with E-state index < -0.39 is 0 Å². The van der Waals surface area contributed by atoms with Crippen LogP contribution in [0.1, 0.15) is 22.6 Å². The topological polar surface area (TPSA) is 77.8 Å². The number of aryl methyl sites for hydroxylation is 1. The second-order valence-electron chi connectivity index (χ2n) is 4.88. The third-order valence-corrected chi connectivity index (χ3v) is 3.29. The van der Waals surface area contributed by atoms with Gasteiger partial charge in [-0.05, 0) is 35.7 Å². The van der Waals surface area contributed by atoms with Crippen LogP contribution in [0.4, 0.5) is 0 Å². The Morgan fingerprint density at radius 3 is 2.71 bits per heavy atom. The maximum Gasteiger partial charge on any atom is 0.231 e. The van der Waals surface area contributed by atoms with Crippen molar-refractivity contribution >= 4 is 0 Å². The van der Waals surface area contributed by atoms with Gasteiger partial charge in [-0.25, -0.2) is 0 Å². The van der Waals surface area contributed by atoms with Crippen molar-refractivity contribution in [1.82, 2.24) is 15.1 Å². The average molecular weight is 280 g/mol. The van der Waals surface area contributed by atoms with Crippen LogP contribution in [0.15, 0.2) is 47.1 Å². The Balaban J connectivity index is 1.85. The van der Waals surface area contributed by atoms with Gasteiger partial charge in [0.15, 0.2) is 0 Å². The van der Waals surface area contributed by atoms with Crippen molar-refractivity contribution in [3.8, 4) is 11.5 Å². The predicted molar refractivity (Wildman–Crippen MR) is 79.4 cm³/mol. The van der Waals surface area contributed by atoms with E-state index in [2.05, 4.69) is 15.1 Å². The van der Waals surface area contributed by atoms with E-state index in [0.717, 1.165) is 22.4 Å². The van der Waals surface area contributed by atoms with Gasteiger partial charge in [0.05, 0.1) is 6.42 Å². The maximum absolute atomic E-state index is 5.74. The predicted octanol–water partition coefficient (Wildman–Crippen LogP) is 2.49. The molecule has 0 saturated heterocycles. The lowest BCUT2D eigenvalue weighted by molar-refractivity contribution is 0.385. The summed E-state index contributed by atoms with van der Waals surface area (Å²) < 4.78 is 5.32. The molecule has 0 fully saturated rings. The zero-order valence-electron chi connectivity index (χ0n) is 11.8. The van der Waals surface area contributed by atoms with E-state index in [0.29, 0.717) is 24.7 Å². The Labute approximate surface area is 122 Å². The summed E-state index contributed by atoms with van der Waals surface area (Å²) in [7, 11) is 0. The van der Waals surface area contributed by atoms with Gasteiger partial charge in [0.25, 0.3) is 0 Å². The summed E-state index contributed by atoms with van der Waals surface area (Å²) in [5, 5.41) is 4.00. The lowest BCUT2D eigenvalue weighted by atomic mass is 10.0. The zero-order valence-corrected chi connectivity index (χ0v) is 11.8. The molecule has 0 aliphatic carbocycles. The normalized spacial score (nSPS) is 10.8. The molecule has 0 amide bonds. The van der Waals surface area contributed by atoms with Gasteiger partial charge in [-0.1, -0.05) is 29.4 Å². The molecule has 106 valence electrons. The van der Waals surface area contributed by atoms with Gasteiger partial charge < -0.3 is 10.3 Å². The Morgan fingerprint density at radius 2 is 1.95 bits per heavy atom. The molecule has 5 nitrogen and oxygen atoms in total. The summed E-state index contributed by atoms with van der Waals surface area (Å²) in [6.45, 7) is 2.50. The first-order valence-electron chi connectivity index (χ1n) is 6.78. The summed E-state index contributed by atoms with van der Waals surface area (Å²) >= 11 is 0. The highest BCUT2D eigenvalue weighted by atomic mass is 16.5. The van der Waals surface area contributed by atoms with Gasteiger partial charge in [0.1, 0.15) is 5.69 Å². The van der Waals surface area contributed by atoms with Crippen molar-refractivity contribution < 1.29 is 4.52 Å². The standard InChI is InChI=1S/C16H16N4O/c1-11-6-7-18-14(8-11)16-19-15(21-20-16)9-12-4-2-3-5-13(12)10-17/h2-8H,9-10,17H2,1H3. The van der Waals surface area contributed by atoms with E-state index in [4.69, 9.17) is 10.3 Å². The summed E-state index contributed by atoms with van der Waals surface area (Å²) in [6.07, 6.45) is 2.32. The van der Waals surface area contributed by atoms with E-state index >= 15 is 0 Å². The number of nitrogens with two attached hydrogens (primary N) is 1. The van der Waals surface area contributed by atoms with Crippen LogP contribution in [-0.2, 0) is 13.0 Å². The van der Waals surface area contributed by atoms with E-state index in [1.54, 1.807) is 6.20 Å². The largest absolute Gasteiger partial charge is 0.339 e. The molecule has 1 aromatic carbocycles. The summed E-state index contributed by atoms with van der Waals surface area (Å²) in [6, 6.07) is 11.9. The van der Waals surface area contributed by atoms with Crippen LogP contribution in [0.3, 0.4) is 0 Å². The molecular weight excluding hydrogens is 264 g/mol. The number of rotatable bonds is 4. The molecule has 2 aromatic heterocycles. The molecule has 21 heavy (non-hydrogen) atoms. The van der Waals surface area contributed by atoms with Crippen molar-refractivity contribution in [3.63, 3.8) is 0 Å².